The molecule has 2 heteroatoms. The summed E-state index contributed by atoms with van der Waals surface area (Å²) in [6, 6.07) is 0. The number of rotatable bonds is 3. The molecule has 2 heterocycles. The van der Waals surface area contributed by atoms with E-state index in [2.05, 4.69) is 10.2 Å². The van der Waals surface area contributed by atoms with Gasteiger partial charge in [0.2, 0.25) is 0 Å². The molecule has 3 aliphatic rings. The van der Waals surface area contributed by atoms with Crippen molar-refractivity contribution in [2.24, 2.45) is 11.3 Å². The van der Waals surface area contributed by atoms with Crippen LogP contribution in [0.1, 0.15) is 38.5 Å². The van der Waals surface area contributed by atoms with Crippen molar-refractivity contribution < 1.29 is 0 Å². The first kappa shape index (κ1) is 10.1. The third-order valence-corrected chi connectivity index (χ3v) is 4.78. The summed E-state index contributed by atoms with van der Waals surface area (Å²) < 4.78 is 0. The second-order valence-corrected chi connectivity index (χ2v) is 6.07. The van der Waals surface area contributed by atoms with Crippen molar-refractivity contribution in [1.29, 1.82) is 0 Å². The van der Waals surface area contributed by atoms with Crippen molar-refractivity contribution in [3.8, 4) is 0 Å². The van der Waals surface area contributed by atoms with Crippen LogP contribution in [0.25, 0.3) is 0 Å². The summed E-state index contributed by atoms with van der Waals surface area (Å²) in [6.45, 7) is 6.75. The molecule has 2 nitrogen and oxygen atoms in total. The second-order valence-electron chi connectivity index (χ2n) is 6.07. The summed E-state index contributed by atoms with van der Waals surface area (Å²) >= 11 is 0. The van der Waals surface area contributed by atoms with Crippen LogP contribution in [0.3, 0.4) is 0 Å². The highest BCUT2D eigenvalue weighted by Crippen LogP contribution is 2.48. The van der Waals surface area contributed by atoms with E-state index in [0.29, 0.717) is 0 Å². The van der Waals surface area contributed by atoms with Gasteiger partial charge in [0.05, 0.1) is 0 Å². The average molecular weight is 208 g/mol. The van der Waals surface area contributed by atoms with E-state index >= 15 is 0 Å². The van der Waals surface area contributed by atoms with E-state index in [1.165, 1.54) is 71.2 Å². The zero-order valence-corrected chi connectivity index (χ0v) is 9.80. The van der Waals surface area contributed by atoms with Crippen molar-refractivity contribution >= 4 is 0 Å². The zero-order valence-electron chi connectivity index (χ0n) is 9.80. The zero-order chi connectivity index (χ0) is 10.1. The number of nitrogens with one attached hydrogen (secondary N) is 1. The summed E-state index contributed by atoms with van der Waals surface area (Å²) in [7, 11) is 0. The van der Waals surface area contributed by atoms with Gasteiger partial charge < -0.3 is 10.2 Å². The largest absolute Gasteiger partial charge is 0.316 e. The molecule has 15 heavy (non-hydrogen) atoms. The minimum Gasteiger partial charge on any atom is -0.316 e. The normalized spacial score (nSPS) is 34.8. The molecule has 1 spiro atoms. The third kappa shape index (κ3) is 2.07. The monoisotopic (exact) mass is 208 g/mol. The van der Waals surface area contributed by atoms with Gasteiger partial charge >= 0.3 is 0 Å². The molecule has 0 aromatic rings. The van der Waals surface area contributed by atoms with Gasteiger partial charge in [-0.2, -0.15) is 0 Å². The molecule has 2 saturated heterocycles. The topological polar surface area (TPSA) is 15.3 Å². The van der Waals surface area contributed by atoms with Crippen LogP contribution in [-0.4, -0.2) is 37.6 Å². The van der Waals surface area contributed by atoms with Crippen molar-refractivity contribution in [3.63, 3.8) is 0 Å². The summed E-state index contributed by atoms with van der Waals surface area (Å²) in [5, 5.41) is 3.51. The Bertz CT molecular complexity index is 209. The van der Waals surface area contributed by atoms with E-state index in [4.69, 9.17) is 0 Å². The summed E-state index contributed by atoms with van der Waals surface area (Å²) in [5.74, 6) is 0.969. The Hall–Kier alpha value is -0.0800. The molecule has 2 aliphatic heterocycles. The number of piperidine rings is 1. The van der Waals surface area contributed by atoms with Gasteiger partial charge in [0.15, 0.2) is 0 Å². The highest BCUT2D eigenvalue weighted by Gasteiger charge is 2.46. The van der Waals surface area contributed by atoms with Crippen LogP contribution < -0.4 is 5.32 Å². The van der Waals surface area contributed by atoms with Gasteiger partial charge in [0.1, 0.15) is 0 Å². The van der Waals surface area contributed by atoms with Gasteiger partial charge in [-0.1, -0.05) is 6.42 Å². The first-order valence-electron chi connectivity index (χ1n) is 6.79. The molecular weight excluding hydrogens is 184 g/mol. The van der Waals surface area contributed by atoms with Crippen LogP contribution in [0.4, 0.5) is 0 Å². The fourth-order valence-electron chi connectivity index (χ4n) is 3.59. The summed E-state index contributed by atoms with van der Waals surface area (Å²) in [4.78, 5) is 2.69. The molecule has 1 N–H and O–H groups in total. The molecule has 1 atom stereocenters. The Morgan fingerprint density at radius 2 is 2.07 bits per heavy atom. The first-order valence-corrected chi connectivity index (χ1v) is 6.79. The lowest BCUT2D eigenvalue weighted by Crippen LogP contribution is -2.59. The molecule has 3 rings (SSSR count). The maximum absolute atomic E-state index is 3.51. The fourth-order valence-corrected chi connectivity index (χ4v) is 3.59. The lowest BCUT2D eigenvalue weighted by molar-refractivity contribution is -0.0618. The van der Waals surface area contributed by atoms with Gasteiger partial charge in [-0.05, 0) is 63.1 Å². The van der Waals surface area contributed by atoms with Crippen LogP contribution in [-0.2, 0) is 0 Å². The Morgan fingerprint density at radius 3 is 2.67 bits per heavy atom. The van der Waals surface area contributed by atoms with E-state index in [0.717, 1.165) is 11.3 Å². The van der Waals surface area contributed by atoms with Crippen LogP contribution in [0.5, 0.6) is 0 Å². The summed E-state index contributed by atoms with van der Waals surface area (Å²) in [6.07, 6.45) is 8.84. The molecule has 1 unspecified atom stereocenters. The standard InChI is InChI=1S/C13H24N2/c1-3-12(9-14-7-1)4-8-15-10-13(11-15)5-2-6-13/h12,14H,1-11H2. The number of hydrogen-bond donors (Lipinski definition) is 1. The Morgan fingerprint density at radius 1 is 1.20 bits per heavy atom. The van der Waals surface area contributed by atoms with Crippen molar-refractivity contribution in [2.45, 2.75) is 38.5 Å². The molecular formula is C13H24N2. The van der Waals surface area contributed by atoms with E-state index in [1.54, 1.807) is 0 Å². The smallest absolute Gasteiger partial charge is 0.00505 e. The Kier molecular flexibility index (Phi) is 2.73. The van der Waals surface area contributed by atoms with E-state index in [9.17, 15) is 0 Å². The van der Waals surface area contributed by atoms with Crippen LogP contribution in [0.2, 0.25) is 0 Å². The van der Waals surface area contributed by atoms with E-state index in [-0.39, 0.29) is 0 Å². The van der Waals surface area contributed by atoms with Crippen molar-refractivity contribution in [2.75, 3.05) is 32.7 Å². The number of likely N-dealkylation sites (tertiary alicyclic amines) is 1. The molecule has 3 fully saturated rings. The van der Waals surface area contributed by atoms with Gasteiger partial charge in [-0.25, -0.2) is 0 Å². The number of nitrogens with zero attached hydrogens (tertiary/aromatic N) is 1. The van der Waals surface area contributed by atoms with Crippen LogP contribution in [0, 0.1) is 11.3 Å². The predicted octanol–water partition coefficient (Wildman–Crippen LogP) is 1.86. The molecule has 0 amide bonds. The van der Waals surface area contributed by atoms with Gasteiger partial charge in [-0.3, -0.25) is 0 Å². The molecule has 0 aromatic heterocycles. The minimum absolute atomic E-state index is 0.824. The highest BCUT2D eigenvalue weighted by molar-refractivity contribution is 5.00. The van der Waals surface area contributed by atoms with Gasteiger partial charge in [0, 0.05) is 13.1 Å². The lowest BCUT2D eigenvalue weighted by Gasteiger charge is -2.56. The Labute approximate surface area is 93.4 Å². The predicted molar refractivity (Wildman–Crippen MR) is 62.9 cm³/mol. The van der Waals surface area contributed by atoms with Gasteiger partial charge in [-0.15, -0.1) is 0 Å². The van der Waals surface area contributed by atoms with Crippen LogP contribution in [0.15, 0.2) is 0 Å². The van der Waals surface area contributed by atoms with Gasteiger partial charge in [0.25, 0.3) is 0 Å². The van der Waals surface area contributed by atoms with E-state index < -0.39 is 0 Å². The first-order chi connectivity index (χ1) is 7.36. The van der Waals surface area contributed by atoms with Crippen molar-refractivity contribution in [3.05, 3.63) is 0 Å². The third-order valence-electron chi connectivity index (χ3n) is 4.78. The SMILES string of the molecule is C1CNCC(CCN2CC3(CCC3)C2)C1. The molecule has 0 aromatic carbocycles. The molecule has 0 bridgehead atoms. The fraction of sp³-hybridized carbons (Fsp3) is 1.00. The Balaban J connectivity index is 1.33. The highest BCUT2D eigenvalue weighted by atomic mass is 15.2. The van der Waals surface area contributed by atoms with Crippen LogP contribution >= 0.6 is 0 Å². The maximum atomic E-state index is 3.51. The average Bonchev–Trinajstić information content (AvgIpc) is 2.15. The quantitative estimate of drug-likeness (QED) is 0.761. The molecule has 1 aliphatic carbocycles. The molecule has 86 valence electrons. The second kappa shape index (κ2) is 4.06. The molecule has 0 radical (unpaired) electrons. The lowest BCUT2D eigenvalue weighted by atomic mass is 9.63. The summed E-state index contributed by atoms with van der Waals surface area (Å²) in [5.41, 5.74) is 0.824. The molecule has 1 saturated carbocycles. The maximum Gasteiger partial charge on any atom is 0.00505 e. The van der Waals surface area contributed by atoms with Crippen molar-refractivity contribution in [1.82, 2.24) is 10.2 Å². The number of hydrogen-bond acceptors (Lipinski definition) is 2. The van der Waals surface area contributed by atoms with E-state index in [1.807, 2.05) is 0 Å². The minimum atomic E-state index is 0.824.